The molecule has 2 N–H and O–H groups in total. The number of hydrogen-bond donors (Lipinski definition) is 2. The largest absolute Gasteiger partial charge is 0.504 e. The van der Waals surface area contributed by atoms with Crippen molar-refractivity contribution in [2.45, 2.75) is 19.9 Å². The molecule has 5 heteroatoms. The van der Waals surface area contributed by atoms with Crippen LogP contribution < -0.4 is 0 Å². The molecule has 0 unspecified atom stereocenters. The van der Waals surface area contributed by atoms with E-state index in [0.717, 1.165) is 6.42 Å². The number of aromatic carboxylic acids is 1. The van der Waals surface area contributed by atoms with Crippen LogP contribution in [-0.2, 0) is 6.54 Å². The molecule has 1 rings (SSSR count). The van der Waals surface area contributed by atoms with Crippen LogP contribution in [0, 0.1) is 0 Å². The van der Waals surface area contributed by atoms with Crippen molar-refractivity contribution in [2.75, 3.05) is 0 Å². The lowest BCUT2D eigenvalue weighted by Gasteiger charge is -1.93. The van der Waals surface area contributed by atoms with E-state index in [2.05, 4.69) is 5.10 Å². The molecule has 0 saturated carbocycles. The van der Waals surface area contributed by atoms with Gasteiger partial charge in [0.25, 0.3) is 0 Å². The number of hydrogen-bond acceptors (Lipinski definition) is 3. The molecule has 0 aliphatic rings. The second kappa shape index (κ2) is 3.25. The maximum absolute atomic E-state index is 10.4. The average molecular weight is 170 g/mol. The first-order valence-corrected chi connectivity index (χ1v) is 3.65. The predicted octanol–water partition coefficient (Wildman–Crippen LogP) is 0.697. The number of carboxylic acids is 1. The third-order valence-electron chi connectivity index (χ3n) is 1.40. The molecule has 1 heterocycles. The van der Waals surface area contributed by atoms with Crippen molar-refractivity contribution in [3.8, 4) is 5.75 Å². The topological polar surface area (TPSA) is 75.4 Å². The minimum absolute atomic E-state index is 0.282. The van der Waals surface area contributed by atoms with Crippen LogP contribution >= 0.6 is 0 Å². The minimum atomic E-state index is -1.21. The van der Waals surface area contributed by atoms with Crippen LogP contribution in [0.1, 0.15) is 23.8 Å². The number of carboxylic acid groups (broad SMARTS) is 1. The summed E-state index contributed by atoms with van der Waals surface area (Å²) in [5.41, 5.74) is -0.288. The van der Waals surface area contributed by atoms with Gasteiger partial charge in [-0.25, -0.2) is 4.79 Å². The Balaban J connectivity index is 2.92. The summed E-state index contributed by atoms with van der Waals surface area (Å²) in [6, 6.07) is 0. The summed E-state index contributed by atoms with van der Waals surface area (Å²) in [7, 11) is 0. The molecule has 0 spiro atoms. The number of nitrogens with zero attached hydrogens (tertiary/aromatic N) is 2. The Bertz CT molecular complexity index is 293. The van der Waals surface area contributed by atoms with Crippen LogP contribution in [-0.4, -0.2) is 26.0 Å². The number of carbonyl (C=O) groups is 1. The van der Waals surface area contributed by atoms with Crippen molar-refractivity contribution in [2.24, 2.45) is 0 Å². The molecule has 5 nitrogen and oxygen atoms in total. The van der Waals surface area contributed by atoms with E-state index in [0.29, 0.717) is 6.54 Å². The molecule has 12 heavy (non-hydrogen) atoms. The highest BCUT2D eigenvalue weighted by Gasteiger charge is 2.13. The molecule has 0 fully saturated rings. The second-order valence-electron chi connectivity index (χ2n) is 2.43. The summed E-state index contributed by atoms with van der Waals surface area (Å²) < 4.78 is 1.42. The Morgan fingerprint density at radius 2 is 2.42 bits per heavy atom. The van der Waals surface area contributed by atoms with Gasteiger partial charge in [0.1, 0.15) is 0 Å². The van der Waals surface area contributed by atoms with E-state index < -0.39 is 5.97 Å². The number of aryl methyl sites for hydroxylation is 1. The van der Waals surface area contributed by atoms with Gasteiger partial charge in [-0.15, -0.1) is 0 Å². The Morgan fingerprint density at radius 3 is 2.83 bits per heavy atom. The quantitative estimate of drug-likeness (QED) is 0.700. The van der Waals surface area contributed by atoms with Gasteiger partial charge in [0.05, 0.1) is 6.20 Å². The molecule has 0 radical (unpaired) electrons. The normalized spacial score (nSPS) is 10.1. The van der Waals surface area contributed by atoms with Crippen LogP contribution in [0.4, 0.5) is 0 Å². The molecule has 66 valence electrons. The third-order valence-corrected chi connectivity index (χ3v) is 1.40. The summed E-state index contributed by atoms with van der Waals surface area (Å²) in [4.78, 5) is 10.4. The van der Waals surface area contributed by atoms with Crippen molar-refractivity contribution in [3.63, 3.8) is 0 Å². The van der Waals surface area contributed by atoms with E-state index in [9.17, 15) is 4.79 Å². The zero-order valence-corrected chi connectivity index (χ0v) is 6.69. The highest BCUT2D eigenvalue weighted by molar-refractivity contribution is 5.88. The fourth-order valence-electron chi connectivity index (χ4n) is 0.907. The van der Waals surface area contributed by atoms with E-state index >= 15 is 0 Å². The van der Waals surface area contributed by atoms with Gasteiger partial charge in [-0.1, -0.05) is 6.92 Å². The zero-order chi connectivity index (χ0) is 9.14. The number of aromatic nitrogens is 2. The van der Waals surface area contributed by atoms with E-state index in [1.54, 1.807) is 0 Å². The highest BCUT2D eigenvalue weighted by atomic mass is 16.4. The summed E-state index contributed by atoms with van der Waals surface area (Å²) in [5, 5.41) is 21.2. The van der Waals surface area contributed by atoms with Crippen LogP contribution in [0.5, 0.6) is 5.75 Å². The molecule has 1 aromatic rings. The minimum Gasteiger partial charge on any atom is -0.504 e. The van der Waals surface area contributed by atoms with Crippen molar-refractivity contribution >= 4 is 5.97 Å². The second-order valence-corrected chi connectivity index (χ2v) is 2.43. The van der Waals surface area contributed by atoms with E-state index in [1.165, 1.54) is 10.9 Å². The van der Waals surface area contributed by atoms with Crippen molar-refractivity contribution in [1.82, 2.24) is 9.78 Å². The maximum atomic E-state index is 10.4. The highest BCUT2D eigenvalue weighted by Crippen LogP contribution is 2.13. The van der Waals surface area contributed by atoms with E-state index in [-0.39, 0.29) is 11.4 Å². The van der Waals surface area contributed by atoms with Crippen LogP contribution in [0.25, 0.3) is 0 Å². The van der Waals surface area contributed by atoms with Crippen LogP contribution in [0.2, 0.25) is 0 Å². The lowest BCUT2D eigenvalue weighted by molar-refractivity contribution is 0.0686. The Morgan fingerprint density at radius 1 is 1.75 bits per heavy atom. The van der Waals surface area contributed by atoms with Gasteiger partial charge in [-0.05, 0) is 6.42 Å². The third kappa shape index (κ3) is 1.55. The first kappa shape index (κ1) is 8.58. The van der Waals surface area contributed by atoms with Crippen molar-refractivity contribution < 1.29 is 15.0 Å². The molecule has 0 aromatic carbocycles. The monoisotopic (exact) mass is 170 g/mol. The first-order chi connectivity index (χ1) is 5.65. The smallest absolute Gasteiger partial charge is 0.360 e. The summed E-state index contributed by atoms with van der Waals surface area (Å²) in [5.74, 6) is -1.49. The van der Waals surface area contributed by atoms with E-state index in [4.69, 9.17) is 10.2 Å². The van der Waals surface area contributed by atoms with Gasteiger partial charge in [0, 0.05) is 6.54 Å². The number of aromatic hydroxyl groups is 1. The maximum Gasteiger partial charge on any atom is 0.360 e. The van der Waals surface area contributed by atoms with Crippen LogP contribution in [0.15, 0.2) is 6.20 Å². The zero-order valence-electron chi connectivity index (χ0n) is 6.69. The fourth-order valence-corrected chi connectivity index (χ4v) is 0.907. The Hall–Kier alpha value is -1.52. The fraction of sp³-hybridized carbons (Fsp3) is 0.429. The summed E-state index contributed by atoms with van der Waals surface area (Å²) in [6.45, 7) is 2.56. The molecular weight excluding hydrogens is 160 g/mol. The standard InChI is InChI=1S/C7H10N2O3/c1-2-3-9-4-5(10)6(8-9)7(11)12/h4,10H,2-3H2,1H3,(H,11,12). The molecular formula is C7H10N2O3. The summed E-state index contributed by atoms with van der Waals surface area (Å²) in [6.07, 6.45) is 2.16. The molecule has 0 amide bonds. The predicted molar refractivity (Wildman–Crippen MR) is 41.1 cm³/mol. The van der Waals surface area contributed by atoms with Gasteiger partial charge in [0.15, 0.2) is 5.75 Å². The van der Waals surface area contributed by atoms with E-state index in [1.807, 2.05) is 6.92 Å². The van der Waals surface area contributed by atoms with Gasteiger partial charge in [0.2, 0.25) is 5.69 Å². The Labute approximate surface area is 69.2 Å². The number of rotatable bonds is 3. The van der Waals surface area contributed by atoms with Crippen LogP contribution in [0.3, 0.4) is 0 Å². The molecule has 1 aromatic heterocycles. The summed E-state index contributed by atoms with van der Waals surface area (Å²) >= 11 is 0. The molecule has 0 bridgehead atoms. The molecule has 0 aliphatic carbocycles. The van der Waals surface area contributed by atoms with Gasteiger partial charge in [-0.3, -0.25) is 4.68 Å². The van der Waals surface area contributed by atoms with Gasteiger partial charge in [-0.2, -0.15) is 5.10 Å². The SMILES string of the molecule is CCCn1cc(O)c(C(=O)O)n1. The lowest BCUT2D eigenvalue weighted by atomic mass is 10.4. The van der Waals surface area contributed by atoms with Gasteiger partial charge < -0.3 is 10.2 Å². The average Bonchev–Trinajstić information content (AvgIpc) is 2.32. The molecule has 0 atom stereocenters. The Kier molecular flexibility index (Phi) is 2.32. The molecule has 0 aliphatic heterocycles. The lowest BCUT2D eigenvalue weighted by Crippen LogP contribution is -2.02. The first-order valence-electron chi connectivity index (χ1n) is 3.65. The van der Waals surface area contributed by atoms with Gasteiger partial charge >= 0.3 is 5.97 Å². The molecule has 0 saturated heterocycles. The van der Waals surface area contributed by atoms with Crippen molar-refractivity contribution in [3.05, 3.63) is 11.9 Å². The van der Waals surface area contributed by atoms with Crippen molar-refractivity contribution in [1.29, 1.82) is 0 Å².